The van der Waals surface area contributed by atoms with Gasteiger partial charge < -0.3 is 10.2 Å². The molecule has 3 heteroatoms. The highest BCUT2D eigenvalue weighted by Crippen LogP contribution is 2.28. The van der Waals surface area contributed by atoms with E-state index in [9.17, 15) is 0 Å². The zero-order chi connectivity index (χ0) is 14.5. The van der Waals surface area contributed by atoms with Crippen LogP contribution in [0.1, 0.15) is 58.7 Å². The minimum atomic E-state index is 0.388. The Morgan fingerprint density at radius 3 is 2.65 bits per heavy atom. The molecule has 0 amide bonds. The fourth-order valence-corrected chi connectivity index (χ4v) is 3.21. The predicted octanol–water partition coefficient (Wildman–Crippen LogP) is 3.77. The van der Waals surface area contributed by atoms with Crippen molar-refractivity contribution >= 4 is 5.69 Å². The molecule has 0 spiro atoms. The quantitative estimate of drug-likeness (QED) is 0.856. The number of pyridine rings is 1. The molecule has 20 heavy (non-hydrogen) atoms. The van der Waals surface area contributed by atoms with Crippen LogP contribution in [0.2, 0.25) is 0 Å². The van der Waals surface area contributed by atoms with Gasteiger partial charge >= 0.3 is 0 Å². The minimum Gasteiger partial charge on any atom is -0.367 e. The molecule has 1 aromatic rings. The molecule has 0 aromatic carbocycles. The Balaban J connectivity index is 2.05. The summed E-state index contributed by atoms with van der Waals surface area (Å²) in [6.07, 6.45) is 5.60. The molecule has 2 rings (SSSR count). The third kappa shape index (κ3) is 3.51. The fourth-order valence-electron chi connectivity index (χ4n) is 3.21. The van der Waals surface area contributed by atoms with Crippen LogP contribution in [0.15, 0.2) is 18.3 Å². The van der Waals surface area contributed by atoms with E-state index >= 15 is 0 Å². The summed E-state index contributed by atoms with van der Waals surface area (Å²) in [5.41, 5.74) is 2.44. The lowest BCUT2D eigenvalue weighted by atomic mass is 10.1. The van der Waals surface area contributed by atoms with Crippen molar-refractivity contribution in [2.24, 2.45) is 5.92 Å². The van der Waals surface area contributed by atoms with E-state index < -0.39 is 0 Å². The van der Waals surface area contributed by atoms with Crippen molar-refractivity contribution in [1.82, 2.24) is 10.3 Å². The first-order valence-electron chi connectivity index (χ1n) is 8.11. The van der Waals surface area contributed by atoms with E-state index in [2.05, 4.69) is 56.2 Å². The number of nitrogens with one attached hydrogen (secondary N) is 1. The molecule has 3 unspecified atom stereocenters. The summed E-state index contributed by atoms with van der Waals surface area (Å²) < 4.78 is 0. The van der Waals surface area contributed by atoms with Gasteiger partial charge in [-0.05, 0) is 50.8 Å². The molecule has 1 N–H and O–H groups in total. The zero-order valence-electron chi connectivity index (χ0n) is 13.4. The van der Waals surface area contributed by atoms with Crippen molar-refractivity contribution in [2.45, 2.75) is 59.0 Å². The molecule has 2 heterocycles. The van der Waals surface area contributed by atoms with Crippen LogP contribution in [-0.4, -0.2) is 24.1 Å². The first-order valence-corrected chi connectivity index (χ1v) is 8.11. The third-order valence-electron chi connectivity index (χ3n) is 4.29. The molecule has 1 saturated heterocycles. The monoisotopic (exact) mass is 275 g/mol. The fraction of sp³-hybridized carbons (Fsp3) is 0.706. The first-order chi connectivity index (χ1) is 9.65. The van der Waals surface area contributed by atoms with Gasteiger partial charge in [-0.2, -0.15) is 0 Å². The summed E-state index contributed by atoms with van der Waals surface area (Å²) in [7, 11) is 0. The molecule has 1 aliphatic rings. The Morgan fingerprint density at radius 1 is 1.35 bits per heavy atom. The third-order valence-corrected chi connectivity index (χ3v) is 4.29. The maximum Gasteiger partial charge on any atom is 0.0574 e. The maximum atomic E-state index is 4.70. The van der Waals surface area contributed by atoms with Gasteiger partial charge in [0, 0.05) is 18.6 Å². The van der Waals surface area contributed by atoms with E-state index in [-0.39, 0.29) is 0 Å². The average molecular weight is 275 g/mol. The number of hydrogen-bond acceptors (Lipinski definition) is 3. The van der Waals surface area contributed by atoms with Gasteiger partial charge in [0.05, 0.1) is 17.6 Å². The molecule has 0 radical (unpaired) electrons. The summed E-state index contributed by atoms with van der Waals surface area (Å²) in [6.45, 7) is 11.3. The Morgan fingerprint density at radius 2 is 2.15 bits per heavy atom. The van der Waals surface area contributed by atoms with Gasteiger partial charge in [-0.15, -0.1) is 0 Å². The zero-order valence-corrected chi connectivity index (χ0v) is 13.4. The number of rotatable bonds is 6. The first kappa shape index (κ1) is 15.3. The molecule has 0 bridgehead atoms. The van der Waals surface area contributed by atoms with Crippen LogP contribution in [0, 0.1) is 5.92 Å². The van der Waals surface area contributed by atoms with Crippen molar-refractivity contribution in [3.63, 3.8) is 0 Å². The van der Waals surface area contributed by atoms with Crippen LogP contribution < -0.4 is 10.2 Å². The maximum absolute atomic E-state index is 4.70. The van der Waals surface area contributed by atoms with Crippen molar-refractivity contribution in [2.75, 3.05) is 18.0 Å². The smallest absolute Gasteiger partial charge is 0.0574 e. The summed E-state index contributed by atoms with van der Waals surface area (Å²) in [4.78, 5) is 7.19. The second-order valence-electron chi connectivity index (χ2n) is 6.20. The van der Waals surface area contributed by atoms with E-state index in [0.29, 0.717) is 12.1 Å². The highest BCUT2D eigenvalue weighted by Gasteiger charge is 2.26. The summed E-state index contributed by atoms with van der Waals surface area (Å²) in [5.74, 6) is 0.791. The summed E-state index contributed by atoms with van der Waals surface area (Å²) >= 11 is 0. The number of nitrogens with zero attached hydrogens (tertiary/aromatic N) is 2. The Hall–Kier alpha value is -1.09. The molecule has 3 nitrogen and oxygen atoms in total. The van der Waals surface area contributed by atoms with E-state index in [4.69, 9.17) is 4.98 Å². The number of hydrogen-bond donors (Lipinski definition) is 1. The van der Waals surface area contributed by atoms with Crippen LogP contribution in [0.3, 0.4) is 0 Å². The molecule has 1 aliphatic heterocycles. The largest absolute Gasteiger partial charge is 0.367 e. The summed E-state index contributed by atoms with van der Waals surface area (Å²) in [6, 6.07) is 5.46. The van der Waals surface area contributed by atoms with E-state index in [1.54, 1.807) is 0 Å². The number of anilines is 1. The van der Waals surface area contributed by atoms with Gasteiger partial charge in [0.1, 0.15) is 0 Å². The molecular formula is C17H29N3. The lowest BCUT2D eigenvalue weighted by molar-refractivity contribution is 0.507. The van der Waals surface area contributed by atoms with Crippen LogP contribution in [-0.2, 0) is 0 Å². The standard InChI is InChI=1S/C17H29N3/c1-5-9-18-16(6-2)17-8-7-15(11-19-17)20-12-13(3)10-14(20)4/h7-8,11,13-14,16,18H,5-6,9-10,12H2,1-4H3. The minimum absolute atomic E-state index is 0.388. The van der Waals surface area contributed by atoms with Crippen molar-refractivity contribution < 1.29 is 0 Å². The van der Waals surface area contributed by atoms with Crippen molar-refractivity contribution in [3.8, 4) is 0 Å². The van der Waals surface area contributed by atoms with Gasteiger partial charge in [0.2, 0.25) is 0 Å². The topological polar surface area (TPSA) is 28.2 Å². The van der Waals surface area contributed by atoms with Gasteiger partial charge in [0.15, 0.2) is 0 Å². The van der Waals surface area contributed by atoms with Crippen molar-refractivity contribution in [3.05, 3.63) is 24.0 Å². The van der Waals surface area contributed by atoms with Crippen LogP contribution in [0.25, 0.3) is 0 Å². The molecule has 112 valence electrons. The number of aromatic nitrogens is 1. The van der Waals surface area contributed by atoms with E-state index in [0.717, 1.165) is 31.8 Å². The Labute approximate surface area is 123 Å². The van der Waals surface area contributed by atoms with Crippen LogP contribution in [0.5, 0.6) is 0 Å². The molecule has 1 fully saturated rings. The normalized spacial score (nSPS) is 24.1. The second kappa shape index (κ2) is 7.07. The molecule has 3 atom stereocenters. The molecular weight excluding hydrogens is 246 g/mol. The van der Waals surface area contributed by atoms with Crippen LogP contribution >= 0.6 is 0 Å². The van der Waals surface area contributed by atoms with Gasteiger partial charge in [-0.25, -0.2) is 0 Å². The van der Waals surface area contributed by atoms with E-state index in [1.807, 2.05) is 0 Å². The SMILES string of the molecule is CCCNC(CC)c1ccc(N2CC(C)CC2C)cn1. The lowest BCUT2D eigenvalue weighted by Gasteiger charge is -2.24. The van der Waals surface area contributed by atoms with Crippen molar-refractivity contribution in [1.29, 1.82) is 0 Å². The van der Waals surface area contributed by atoms with Gasteiger partial charge in [-0.3, -0.25) is 4.98 Å². The predicted molar refractivity (Wildman–Crippen MR) is 86.2 cm³/mol. The lowest BCUT2D eigenvalue weighted by Crippen LogP contribution is -2.27. The Bertz CT molecular complexity index is 401. The Kier molecular flexibility index (Phi) is 5.41. The highest BCUT2D eigenvalue weighted by atomic mass is 15.2. The van der Waals surface area contributed by atoms with E-state index in [1.165, 1.54) is 17.8 Å². The summed E-state index contributed by atoms with van der Waals surface area (Å²) in [5, 5.41) is 3.56. The van der Waals surface area contributed by atoms with Crippen LogP contribution in [0.4, 0.5) is 5.69 Å². The highest BCUT2D eigenvalue weighted by molar-refractivity contribution is 5.47. The second-order valence-corrected chi connectivity index (χ2v) is 6.20. The van der Waals surface area contributed by atoms with Gasteiger partial charge in [0.25, 0.3) is 0 Å². The molecule has 0 aliphatic carbocycles. The molecule has 1 aromatic heterocycles. The van der Waals surface area contributed by atoms with Gasteiger partial charge in [-0.1, -0.05) is 20.8 Å². The average Bonchev–Trinajstić information content (AvgIpc) is 2.79. The molecule has 0 saturated carbocycles.